The number of hydrogen-bond donors (Lipinski definition) is 0. The number of rotatable bonds is 2. The van der Waals surface area contributed by atoms with Gasteiger partial charge in [-0.1, -0.05) is 19.1 Å². The van der Waals surface area contributed by atoms with Crippen molar-refractivity contribution in [3.05, 3.63) is 35.4 Å². The van der Waals surface area contributed by atoms with Gasteiger partial charge in [0.2, 0.25) is 5.90 Å². The average molecular weight is 189 g/mol. The van der Waals surface area contributed by atoms with Crippen LogP contribution in [-0.2, 0) is 11.2 Å². The predicted octanol–water partition coefficient (Wildman–Crippen LogP) is 2.41. The Morgan fingerprint density at radius 3 is 3.00 bits per heavy atom. The Labute approximate surface area is 84.6 Å². The summed E-state index contributed by atoms with van der Waals surface area (Å²) < 4.78 is 5.50. The first-order chi connectivity index (χ1) is 6.79. The molecule has 0 radical (unpaired) electrons. The minimum absolute atomic E-state index is 0.301. The zero-order valence-electron chi connectivity index (χ0n) is 8.66. The van der Waals surface area contributed by atoms with Crippen molar-refractivity contribution in [1.82, 2.24) is 0 Å². The van der Waals surface area contributed by atoms with E-state index in [0.29, 0.717) is 12.6 Å². The molecule has 74 valence electrons. The molecule has 1 atom stereocenters. The van der Waals surface area contributed by atoms with E-state index in [1.807, 2.05) is 0 Å². The van der Waals surface area contributed by atoms with Gasteiger partial charge in [-0.3, -0.25) is 0 Å². The molecule has 2 heteroatoms. The monoisotopic (exact) mass is 189 g/mol. The summed E-state index contributed by atoms with van der Waals surface area (Å²) in [7, 11) is 0. The Morgan fingerprint density at radius 2 is 2.36 bits per heavy atom. The maximum absolute atomic E-state index is 5.50. The first-order valence-corrected chi connectivity index (χ1v) is 5.09. The lowest BCUT2D eigenvalue weighted by Crippen LogP contribution is -2.02. The summed E-state index contributed by atoms with van der Waals surface area (Å²) in [6.45, 7) is 4.93. The molecule has 14 heavy (non-hydrogen) atoms. The van der Waals surface area contributed by atoms with Crippen molar-refractivity contribution in [2.75, 3.05) is 6.61 Å². The molecular weight excluding hydrogens is 174 g/mol. The van der Waals surface area contributed by atoms with Crippen LogP contribution in [0.25, 0.3) is 0 Å². The van der Waals surface area contributed by atoms with Gasteiger partial charge in [0.1, 0.15) is 6.61 Å². The molecule has 0 saturated carbocycles. The van der Waals surface area contributed by atoms with Gasteiger partial charge < -0.3 is 4.74 Å². The molecular formula is C12H15NO. The predicted molar refractivity (Wildman–Crippen MR) is 57.8 cm³/mol. The topological polar surface area (TPSA) is 21.6 Å². The summed E-state index contributed by atoms with van der Waals surface area (Å²) in [5.41, 5.74) is 2.43. The van der Waals surface area contributed by atoms with Crippen LogP contribution in [0.1, 0.15) is 25.0 Å². The summed E-state index contributed by atoms with van der Waals surface area (Å²) in [4.78, 5) is 4.43. The third-order valence-corrected chi connectivity index (χ3v) is 2.38. The lowest BCUT2D eigenvalue weighted by atomic mass is 10.1. The molecule has 1 aliphatic heterocycles. The molecule has 0 fully saturated rings. The molecule has 0 aromatic heterocycles. The number of ether oxygens (including phenoxy) is 1. The second-order valence-electron chi connectivity index (χ2n) is 3.65. The van der Waals surface area contributed by atoms with Gasteiger partial charge in [-0.25, -0.2) is 4.99 Å². The third kappa shape index (κ3) is 1.79. The van der Waals surface area contributed by atoms with E-state index in [0.717, 1.165) is 17.9 Å². The Kier molecular flexibility index (Phi) is 2.53. The fourth-order valence-corrected chi connectivity index (χ4v) is 1.56. The SMILES string of the molecule is CCc1cccc(C2=NC(C)CO2)c1. The van der Waals surface area contributed by atoms with Gasteiger partial charge in [-0.05, 0) is 31.0 Å². The number of benzene rings is 1. The highest BCUT2D eigenvalue weighted by atomic mass is 16.5. The van der Waals surface area contributed by atoms with Crippen molar-refractivity contribution in [2.45, 2.75) is 26.3 Å². The van der Waals surface area contributed by atoms with Crippen LogP contribution in [0.2, 0.25) is 0 Å². The van der Waals surface area contributed by atoms with Crippen LogP contribution in [0.5, 0.6) is 0 Å². The molecule has 0 amide bonds. The molecule has 1 aromatic carbocycles. The van der Waals surface area contributed by atoms with Crippen LogP contribution in [0.15, 0.2) is 29.3 Å². The summed E-state index contributed by atoms with van der Waals surface area (Å²) in [6.07, 6.45) is 1.05. The van der Waals surface area contributed by atoms with Gasteiger partial charge in [0.05, 0.1) is 6.04 Å². The maximum atomic E-state index is 5.50. The first kappa shape index (κ1) is 9.25. The normalized spacial score (nSPS) is 20.4. The zero-order chi connectivity index (χ0) is 9.97. The van der Waals surface area contributed by atoms with Crippen molar-refractivity contribution in [1.29, 1.82) is 0 Å². The first-order valence-electron chi connectivity index (χ1n) is 5.09. The molecule has 0 aliphatic carbocycles. The molecule has 2 nitrogen and oxygen atoms in total. The highest BCUT2D eigenvalue weighted by Crippen LogP contribution is 2.13. The minimum atomic E-state index is 0.301. The fraction of sp³-hybridized carbons (Fsp3) is 0.417. The van der Waals surface area contributed by atoms with Crippen molar-refractivity contribution in [3.8, 4) is 0 Å². The van der Waals surface area contributed by atoms with Gasteiger partial charge >= 0.3 is 0 Å². The molecule has 1 aromatic rings. The van der Waals surface area contributed by atoms with Crippen molar-refractivity contribution < 1.29 is 4.74 Å². The van der Waals surface area contributed by atoms with Crippen molar-refractivity contribution >= 4 is 5.90 Å². The summed E-state index contributed by atoms with van der Waals surface area (Å²) in [5, 5.41) is 0. The highest BCUT2D eigenvalue weighted by Gasteiger charge is 2.15. The average Bonchev–Trinajstić information content (AvgIpc) is 2.65. The lowest BCUT2D eigenvalue weighted by molar-refractivity contribution is 0.324. The number of nitrogens with zero attached hydrogens (tertiary/aromatic N) is 1. The molecule has 2 rings (SSSR count). The van der Waals surface area contributed by atoms with Crippen LogP contribution < -0.4 is 0 Å². The van der Waals surface area contributed by atoms with E-state index in [2.05, 4.69) is 43.1 Å². The molecule has 1 heterocycles. The fourth-order valence-electron chi connectivity index (χ4n) is 1.56. The van der Waals surface area contributed by atoms with Gasteiger partial charge in [0.25, 0.3) is 0 Å². The van der Waals surface area contributed by atoms with Crippen LogP contribution in [-0.4, -0.2) is 18.5 Å². The quantitative estimate of drug-likeness (QED) is 0.700. The van der Waals surface area contributed by atoms with Crippen LogP contribution in [0, 0.1) is 0 Å². The summed E-state index contributed by atoms with van der Waals surface area (Å²) in [6, 6.07) is 8.69. The van der Waals surface area contributed by atoms with E-state index < -0.39 is 0 Å². The van der Waals surface area contributed by atoms with Crippen LogP contribution >= 0.6 is 0 Å². The van der Waals surface area contributed by atoms with E-state index in [1.165, 1.54) is 5.56 Å². The smallest absolute Gasteiger partial charge is 0.216 e. The Bertz CT molecular complexity index is 357. The maximum Gasteiger partial charge on any atom is 0.216 e. The summed E-state index contributed by atoms with van der Waals surface area (Å²) in [5.74, 6) is 0.799. The molecule has 1 unspecified atom stereocenters. The third-order valence-electron chi connectivity index (χ3n) is 2.38. The molecule has 0 N–H and O–H groups in total. The molecule has 1 aliphatic rings. The lowest BCUT2D eigenvalue weighted by Gasteiger charge is -2.02. The van der Waals surface area contributed by atoms with E-state index in [-0.39, 0.29) is 0 Å². The largest absolute Gasteiger partial charge is 0.475 e. The van der Waals surface area contributed by atoms with Gasteiger partial charge in [0, 0.05) is 5.56 Å². The Balaban J connectivity index is 2.28. The van der Waals surface area contributed by atoms with Gasteiger partial charge in [-0.2, -0.15) is 0 Å². The molecule has 0 saturated heterocycles. The van der Waals surface area contributed by atoms with Gasteiger partial charge in [0.15, 0.2) is 0 Å². The number of aliphatic imine (C=N–C) groups is 1. The minimum Gasteiger partial charge on any atom is -0.475 e. The van der Waals surface area contributed by atoms with Crippen molar-refractivity contribution in [2.24, 2.45) is 4.99 Å². The second-order valence-corrected chi connectivity index (χ2v) is 3.65. The Hall–Kier alpha value is -1.31. The van der Waals surface area contributed by atoms with Crippen molar-refractivity contribution in [3.63, 3.8) is 0 Å². The second kappa shape index (κ2) is 3.82. The summed E-state index contributed by atoms with van der Waals surface area (Å²) >= 11 is 0. The molecule has 0 bridgehead atoms. The zero-order valence-corrected chi connectivity index (χ0v) is 8.66. The highest BCUT2D eigenvalue weighted by molar-refractivity contribution is 5.95. The van der Waals surface area contributed by atoms with Crippen LogP contribution in [0.3, 0.4) is 0 Å². The van der Waals surface area contributed by atoms with E-state index >= 15 is 0 Å². The molecule has 0 spiro atoms. The van der Waals surface area contributed by atoms with Gasteiger partial charge in [-0.15, -0.1) is 0 Å². The number of aryl methyl sites for hydroxylation is 1. The Morgan fingerprint density at radius 1 is 1.50 bits per heavy atom. The van der Waals surface area contributed by atoms with E-state index in [1.54, 1.807) is 0 Å². The van der Waals surface area contributed by atoms with E-state index in [4.69, 9.17) is 4.74 Å². The van der Waals surface area contributed by atoms with Crippen LogP contribution in [0.4, 0.5) is 0 Å². The number of hydrogen-bond acceptors (Lipinski definition) is 2. The van der Waals surface area contributed by atoms with E-state index in [9.17, 15) is 0 Å². The standard InChI is InChI=1S/C12H15NO/c1-3-10-5-4-6-11(7-10)12-13-9(2)8-14-12/h4-7,9H,3,8H2,1-2H3.